The van der Waals surface area contributed by atoms with Gasteiger partial charge in [-0.25, -0.2) is 0 Å². The zero-order valence-corrected chi connectivity index (χ0v) is 22.0. The van der Waals surface area contributed by atoms with Crippen molar-refractivity contribution in [3.05, 3.63) is 133 Å². The van der Waals surface area contributed by atoms with E-state index in [-0.39, 0.29) is 0 Å². The van der Waals surface area contributed by atoms with Gasteiger partial charge in [0.15, 0.2) is 0 Å². The van der Waals surface area contributed by atoms with Crippen molar-refractivity contribution in [2.45, 2.75) is 0 Å². The highest BCUT2D eigenvalue weighted by Crippen LogP contribution is 2.40. The molecule has 9 aromatic rings. The fourth-order valence-corrected chi connectivity index (χ4v) is 6.92. The van der Waals surface area contributed by atoms with E-state index in [1.54, 1.807) is 0 Å². The van der Waals surface area contributed by atoms with Gasteiger partial charge in [-0.05, 0) is 42.5 Å². The van der Waals surface area contributed by atoms with E-state index in [0.717, 1.165) is 5.69 Å². The summed E-state index contributed by atoms with van der Waals surface area (Å²) in [6, 6.07) is 48.6. The van der Waals surface area contributed by atoms with Crippen LogP contribution in [0.1, 0.15) is 0 Å². The summed E-state index contributed by atoms with van der Waals surface area (Å²) in [5.74, 6) is 0. The molecule has 0 spiro atoms. The first kappa shape index (κ1) is 21.6. The van der Waals surface area contributed by atoms with Crippen molar-refractivity contribution in [2.24, 2.45) is 7.05 Å². The largest absolute Gasteiger partial charge is 0.344 e. The molecule has 0 fully saturated rings. The Bertz CT molecular complexity index is 2390. The summed E-state index contributed by atoms with van der Waals surface area (Å²) >= 11 is 0. The highest BCUT2D eigenvalue weighted by atomic mass is 15.1. The minimum atomic E-state index is 1.16. The number of para-hydroxylation sites is 5. The molecule has 40 heavy (non-hydrogen) atoms. The van der Waals surface area contributed by atoms with Crippen molar-refractivity contribution >= 4 is 65.4 Å². The van der Waals surface area contributed by atoms with Gasteiger partial charge in [0.1, 0.15) is 0 Å². The molecule has 3 heterocycles. The third-order valence-corrected chi connectivity index (χ3v) is 8.65. The Balaban J connectivity index is 1.45. The summed E-state index contributed by atoms with van der Waals surface area (Å²) in [6.45, 7) is 0. The monoisotopic (exact) mass is 511 g/mol. The molecule has 0 atom stereocenters. The van der Waals surface area contributed by atoms with Gasteiger partial charge in [0.05, 0.1) is 33.3 Å². The molecule has 0 aliphatic carbocycles. The first-order valence-electron chi connectivity index (χ1n) is 13.8. The molecule has 9 rings (SSSR count). The molecule has 188 valence electrons. The van der Waals surface area contributed by atoms with Crippen LogP contribution in [0.25, 0.3) is 76.8 Å². The van der Waals surface area contributed by atoms with Gasteiger partial charge in [0, 0.05) is 50.6 Å². The van der Waals surface area contributed by atoms with Gasteiger partial charge in [0.25, 0.3) is 0 Å². The van der Waals surface area contributed by atoms with Crippen molar-refractivity contribution in [3.8, 4) is 11.4 Å². The van der Waals surface area contributed by atoms with E-state index in [1.165, 1.54) is 71.1 Å². The Hall–Kier alpha value is -5.28. The smallest absolute Gasteiger partial charge is 0.0782 e. The van der Waals surface area contributed by atoms with Crippen LogP contribution in [0.4, 0.5) is 0 Å². The number of hydrogen-bond donors (Lipinski definition) is 0. The summed E-state index contributed by atoms with van der Waals surface area (Å²) in [6.07, 6.45) is 0. The number of nitrogens with zero attached hydrogens (tertiary/aromatic N) is 3. The predicted molar refractivity (Wildman–Crippen MR) is 169 cm³/mol. The lowest BCUT2D eigenvalue weighted by Crippen LogP contribution is -2.01. The lowest BCUT2D eigenvalue weighted by molar-refractivity contribution is 1.01. The molecule has 0 unspecified atom stereocenters. The summed E-state index contributed by atoms with van der Waals surface area (Å²) in [5, 5.41) is 7.64. The van der Waals surface area contributed by atoms with E-state index in [0.29, 0.717) is 0 Å². The van der Waals surface area contributed by atoms with Crippen LogP contribution < -0.4 is 0 Å². The predicted octanol–water partition coefficient (Wildman–Crippen LogP) is 9.53. The van der Waals surface area contributed by atoms with Crippen LogP contribution in [0.5, 0.6) is 0 Å². The van der Waals surface area contributed by atoms with E-state index in [9.17, 15) is 0 Å². The Morgan fingerprint density at radius 2 is 0.850 bits per heavy atom. The summed E-state index contributed by atoms with van der Waals surface area (Å²) < 4.78 is 7.22. The number of hydrogen-bond acceptors (Lipinski definition) is 0. The number of benzene rings is 6. The highest BCUT2D eigenvalue weighted by Gasteiger charge is 2.20. The second kappa shape index (κ2) is 7.87. The Morgan fingerprint density at radius 3 is 1.50 bits per heavy atom. The third-order valence-electron chi connectivity index (χ3n) is 8.65. The fourth-order valence-electron chi connectivity index (χ4n) is 6.92. The molecule has 3 heteroatoms. The van der Waals surface area contributed by atoms with E-state index < -0.39 is 0 Å². The zero-order valence-electron chi connectivity index (χ0n) is 22.0. The second-order valence-corrected chi connectivity index (χ2v) is 10.7. The van der Waals surface area contributed by atoms with Gasteiger partial charge < -0.3 is 13.7 Å². The van der Waals surface area contributed by atoms with E-state index in [4.69, 9.17) is 0 Å². The molecule has 6 aromatic carbocycles. The quantitative estimate of drug-likeness (QED) is 0.219. The topological polar surface area (TPSA) is 14.8 Å². The maximum Gasteiger partial charge on any atom is 0.0782 e. The maximum atomic E-state index is 2.46. The van der Waals surface area contributed by atoms with Gasteiger partial charge in [-0.2, -0.15) is 0 Å². The Kier molecular flexibility index (Phi) is 4.26. The SMILES string of the molecule is Cn1c2ccccc2c2ccc(-n3c4ccccc4c4cccc(-n5c6ccccc6c6ccccc65)c43)cc21. The van der Waals surface area contributed by atoms with Crippen LogP contribution in [0, 0.1) is 0 Å². The lowest BCUT2D eigenvalue weighted by Gasteiger charge is -2.14. The van der Waals surface area contributed by atoms with Crippen molar-refractivity contribution in [3.63, 3.8) is 0 Å². The van der Waals surface area contributed by atoms with Gasteiger partial charge in [-0.1, -0.05) is 91.0 Å². The molecule has 3 nitrogen and oxygen atoms in total. The van der Waals surface area contributed by atoms with Gasteiger partial charge >= 0.3 is 0 Å². The molecular formula is C37H25N3. The van der Waals surface area contributed by atoms with Crippen molar-refractivity contribution in [1.29, 1.82) is 0 Å². The van der Waals surface area contributed by atoms with Gasteiger partial charge in [0.2, 0.25) is 0 Å². The van der Waals surface area contributed by atoms with Crippen LogP contribution >= 0.6 is 0 Å². The van der Waals surface area contributed by atoms with Crippen LogP contribution in [0.2, 0.25) is 0 Å². The summed E-state index contributed by atoms with van der Waals surface area (Å²) in [5.41, 5.74) is 9.70. The van der Waals surface area contributed by atoms with Crippen molar-refractivity contribution in [2.75, 3.05) is 0 Å². The van der Waals surface area contributed by atoms with Gasteiger partial charge in [-0.3, -0.25) is 0 Å². The first-order valence-corrected chi connectivity index (χ1v) is 13.8. The van der Waals surface area contributed by atoms with E-state index in [2.05, 4.69) is 154 Å². The number of fused-ring (bicyclic) bond motifs is 9. The zero-order chi connectivity index (χ0) is 26.4. The Labute approximate surface area is 230 Å². The average Bonchev–Trinajstić information content (AvgIpc) is 3.63. The normalized spacial score (nSPS) is 12.1. The molecule has 0 saturated carbocycles. The lowest BCUT2D eigenvalue weighted by atomic mass is 10.1. The fraction of sp³-hybridized carbons (Fsp3) is 0.0270. The standard InChI is InChI=1S/C37H25N3/c1-38-31-16-6-2-11-25(31)29-22-21-24(23-36(29)38)39-32-17-7-5-14-28(32)30-15-10-20-35(37(30)39)40-33-18-8-3-12-26(33)27-13-4-9-19-34(27)40/h2-23H,1H3. The first-order chi connectivity index (χ1) is 19.8. The molecule has 0 amide bonds. The molecule has 0 aliphatic rings. The second-order valence-electron chi connectivity index (χ2n) is 10.7. The number of rotatable bonds is 2. The average molecular weight is 512 g/mol. The van der Waals surface area contributed by atoms with E-state index in [1.807, 2.05) is 0 Å². The molecule has 0 aliphatic heterocycles. The summed E-state index contributed by atoms with van der Waals surface area (Å²) in [4.78, 5) is 0. The number of aromatic nitrogens is 3. The van der Waals surface area contributed by atoms with E-state index >= 15 is 0 Å². The van der Waals surface area contributed by atoms with Gasteiger partial charge in [-0.15, -0.1) is 0 Å². The van der Waals surface area contributed by atoms with Crippen molar-refractivity contribution < 1.29 is 0 Å². The highest BCUT2D eigenvalue weighted by molar-refractivity contribution is 6.15. The van der Waals surface area contributed by atoms with Crippen LogP contribution in [0.15, 0.2) is 133 Å². The Morgan fingerprint density at radius 1 is 0.375 bits per heavy atom. The molecular weight excluding hydrogens is 486 g/mol. The maximum absolute atomic E-state index is 2.46. The van der Waals surface area contributed by atoms with Crippen LogP contribution in [-0.4, -0.2) is 13.7 Å². The molecule has 0 saturated heterocycles. The van der Waals surface area contributed by atoms with Crippen molar-refractivity contribution in [1.82, 2.24) is 13.7 Å². The third kappa shape index (κ3) is 2.73. The van der Waals surface area contributed by atoms with Crippen LogP contribution in [-0.2, 0) is 7.05 Å². The molecule has 3 aromatic heterocycles. The minimum Gasteiger partial charge on any atom is -0.344 e. The summed E-state index contributed by atoms with van der Waals surface area (Å²) in [7, 11) is 2.17. The molecule has 0 bridgehead atoms. The number of aryl methyl sites for hydroxylation is 1. The molecule has 0 radical (unpaired) electrons. The minimum absolute atomic E-state index is 1.16. The van der Waals surface area contributed by atoms with Crippen LogP contribution in [0.3, 0.4) is 0 Å². The molecule has 0 N–H and O–H groups in total.